The maximum atomic E-state index is 12.4. The van der Waals surface area contributed by atoms with E-state index in [0.717, 1.165) is 5.56 Å². The highest BCUT2D eigenvalue weighted by molar-refractivity contribution is 6.32. The van der Waals surface area contributed by atoms with Crippen LogP contribution in [0, 0.1) is 10.1 Å². The Morgan fingerprint density at radius 2 is 1.93 bits per heavy atom. The molecule has 28 heavy (non-hydrogen) atoms. The van der Waals surface area contributed by atoms with Gasteiger partial charge in [-0.15, -0.1) is 0 Å². The van der Waals surface area contributed by atoms with E-state index in [2.05, 4.69) is 15.1 Å². The largest absolute Gasteiger partial charge is 0.480 e. The zero-order chi connectivity index (χ0) is 19.7. The fourth-order valence-electron chi connectivity index (χ4n) is 2.67. The number of aromatic amines is 1. The Morgan fingerprint density at radius 1 is 1.14 bits per heavy atom. The van der Waals surface area contributed by atoms with E-state index < -0.39 is 4.92 Å². The Balaban J connectivity index is 1.65. The van der Waals surface area contributed by atoms with Crippen molar-refractivity contribution in [3.8, 4) is 17.1 Å². The van der Waals surface area contributed by atoms with Crippen molar-refractivity contribution in [1.29, 1.82) is 0 Å². The normalized spacial score (nSPS) is 10.9. The molecular weight excluding hydrogens is 386 g/mol. The van der Waals surface area contributed by atoms with Gasteiger partial charge in [0, 0.05) is 11.6 Å². The lowest BCUT2D eigenvalue weighted by Gasteiger charge is -2.07. The van der Waals surface area contributed by atoms with Gasteiger partial charge in [-0.1, -0.05) is 48.0 Å². The first-order chi connectivity index (χ1) is 13.5. The Bertz CT molecular complexity index is 1240. The summed E-state index contributed by atoms with van der Waals surface area (Å²) in [6, 6.07) is 14.9. The highest BCUT2D eigenvalue weighted by Gasteiger charge is 2.20. The minimum absolute atomic E-state index is 0.00787. The fraction of sp³-hybridized carbons (Fsp3) is 0.0556. The second kappa shape index (κ2) is 7.12. The lowest BCUT2D eigenvalue weighted by Crippen LogP contribution is -2.16. The molecule has 0 fully saturated rings. The first kappa shape index (κ1) is 17.7. The van der Waals surface area contributed by atoms with Crippen LogP contribution < -0.4 is 10.3 Å². The fourth-order valence-corrected chi connectivity index (χ4v) is 2.90. The summed E-state index contributed by atoms with van der Waals surface area (Å²) in [4.78, 5) is 31.5. The number of halogens is 1. The number of rotatable bonds is 5. The SMILES string of the molecule is O=c1cc(COc2cccc(Cl)c2[N+](=O)[O-])nc2nc(-c3ccccc3)[nH]n12. The van der Waals surface area contributed by atoms with E-state index in [0.29, 0.717) is 5.82 Å². The van der Waals surface area contributed by atoms with Crippen molar-refractivity contribution in [2.75, 3.05) is 0 Å². The predicted molar refractivity (Wildman–Crippen MR) is 101 cm³/mol. The van der Waals surface area contributed by atoms with Gasteiger partial charge >= 0.3 is 5.69 Å². The van der Waals surface area contributed by atoms with Gasteiger partial charge in [0.05, 0.1) is 10.6 Å². The monoisotopic (exact) mass is 397 g/mol. The molecule has 0 bridgehead atoms. The number of hydrogen-bond donors (Lipinski definition) is 1. The summed E-state index contributed by atoms with van der Waals surface area (Å²) >= 11 is 5.87. The number of nitrogens with zero attached hydrogens (tertiary/aromatic N) is 4. The number of ether oxygens (including phenoxy) is 1. The van der Waals surface area contributed by atoms with Crippen LogP contribution in [0.5, 0.6) is 5.75 Å². The molecule has 0 unspecified atom stereocenters. The van der Waals surface area contributed by atoms with E-state index in [1.54, 1.807) is 0 Å². The molecule has 0 amide bonds. The van der Waals surface area contributed by atoms with Gasteiger partial charge in [0.25, 0.3) is 11.3 Å². The average molecular weight is 398 g/mol. The van der Waals surface area contributed by atoms with Crippen LogP contribution in [0.25, 0.3) is 17.2 Å². The molecule has 0 radical (unpaired) electrons. The molecule has 9 nitrogen and oxygen atoms in total. The van der Waals surface area contributed by atoms with Gasteiger partial charge < -0.3 is 4.74 Å². The van der Waals surface area contributed by atoms with Crippen LogP contribution >= 0.6 is 11.6 Å². The molecule has 4 rings (SSSR count). The van der Waals surface area contributed by atoms with Gasteiger partial charge in [-0.2, -0.15) is 9.50 Å². The molecule has 0 aliphatic carbocycles. The van der Waals surface area contributed by atoms with Crippen LogP contribution in [0.15, 0.2) is 59.4 Å². The number of aromatic nitrogens is 4. The van der Waals surface area contributed by atoms with Gasteiger partial charge in [0.15, 0.2) is 11.6 Å². The van der Waals surface area contributed by atoms with E-state index in [1.807, 2.05) is 30.3 Å². The third-order valence-corrected chi connectivity index (χ3v) is 4.24. The molecule has 1 N–H and O–H groups in total. The van der Waals surface area contributed by atoms with Gasteiger partial charge in [-0.25, -0.2) is 4.98 Å². The summed E-state index contributed by atoms with van der Waals surface area (Å²) < 4.78 is 6.70. The second-order valence-electron chi connectivity index (χ2n) is 5.79. The quantitative estimate of drug-likeness (QED) is 0.408. The molecule has 0 aliphatic heterocycles. The lowest BCUT2D eigenvalue weighted by molar-refractivity contribution is -0.385. The molecule has 0 saturated carbocycles. The van der Waals surface area contributed by atoms with Crippen molar-refractivity contribution >= 4 is 23.1 Å². The maximum absolute atomic E-state index is 12.4. The van der Waals surface area contributed by atoms with E-state index in [4.69, 9.17) is 16.3 Å². The van der Waals surface area contributed by atoms with E-state index >= 15 is 0 Å². The van der Waals surface area contributed by atoms with Gasteiger partial charge in [-0.05, 0) is 12.1 Å². The van der Waals surface area contributed by atoms with Gasteiger partial charge in [0.2, 0.25) is 0 Å². The number of benzene rings is 2. The van der Waals surface area contributed by atoms with Crippen LogP contribution in [0.1, 0.15) is 5.69 Å². The lowest BCUT2D eigenvalue weighted by atomic mass is 10.2. The second-order valence-corrected chi connectivity index (χ2v) is 6.20. The van der Waals surface area contributed by atoms with E-state index in [9.17, 15) is 14.9 Å². The number of H-pyrrole nitrogens is 1. The zero-order valence-corrected chi connectivity index (χ0v) is 15.0. The predicted octanol–water partition coefficient (Wildman–Crippen LogP) is 3.23. The number of para-hydroxylation sites is 1. The average Bonchev–Trinajstić information content (AvgIpc) is 3.11. The molecule has 10 heteroatoms. The van der Waals surface area contributed by atoms with Crippen molar-refractivity contribution in [2.24, 2.45) is 0 Å². The molecule has 4 aromatic rings. The smallest absolute Gasteiger partial charge is 0.329 e. The number of nitrogens with one attached hydrogen (secondary N) is 1. The molecule has 0 spiro atoms. The van der Waals surface area contributed by atoms with Crippen molar-refractivity contribution in [3.63, 3.8) is 0 Å². The number of nitro groups is 1. The van der Waals surface area contributed by atoms with Crippen LogP contribution in [0.2, 0.25) is 5.02 Å². The Kier molecular flexibility index (Phi) is 4.50. The zero-order valence-electron chi connectivity index (χ0n) is 14.2. The van der Waals surface area contributed by atoms with Crippen molar-refractivity contribution in [1.82, 2.24) is 19.6 Å². The summed E-state index contributed by atoms with van der Waals surface area (Å²) in [6.45, 7) is -0.152. The van der Waals surface area contributed by atoms with Gasteiger partial charge in [-0.3, -0.25) is 20.0 Å². The van der Waals surface area contributed by atoms with Crippen LogP contribution in [0.4, 0.5) is 5.69 Å². The Morgan fingerprint density at radius 3 is 2.68 bits per heavy atom. The van der Waals surface area contributed by atoms with E-state index in [-0.39, 0.29) is 40.1 Å². The first-order valence-electron chi connectivity index (χ1n) is 8.13. The molecule has 2 aromatic carbocycles. The highest BCUT2D eigenvalue weighted by atomic mass is 35.5. The maximum Gasteiger partial charge on any atom is 0.329 e. The molecule has 2 heterocycles. The number of hydrogen-bond acceptors (Lipinski definition) is 6. The topological polar surface area (TPSA) is 115 Å². The Hall–Kier alpha value is -3.72. The first-order valence-corrected chi connectivity index (χ1v) is 8.50. The number of nitro benzene ring substituents is 1. The molecule has 140 valence electrons. The molecular formula is C18H12ClN5O4. The molecule has 2 aromatic heterocycles. The minimum Gasteiger partial charge on any atom is -0.480 e. The van der Waals surface area contributed by atoms with Crippen molar-refractivity contribution in [2.45, 2.75) is 6.61 Å². The summed E-state index contributed by atoms with van der Waals surface area (Å²) in [5.41, 5.74) is 0.372. The Labute approximate surface area is 162 Å². The van der Waals surface area contributed by atoms with Gasteiger partial charge in [0.1, 0.15) is 11.6 Å². The van der Waals surface area contributed by atoms with Crippen molar-refractivity contribution < 1.29 is 9.66 Å². The highest BCUT2D eigenvalue weighted by Crippen LogP contribution is 2.34. The van der Waals surface area contributed by atoms with E-state index in [1.165, 1.54) is 28.8 Å². The van der Waals surface area contributed by atoms with Crippen molar-refractivity contribution in [3.05, 3.63) is 85.8 Å². The third-order valence-electron chi connectivity index (χ3n) is 3.94. The molecule has 0 saturated heterocycles. The summed E-state index contributed by atoms with van der Waals surface area (Å²) in [6.07, 6.45) is 0. The third kappa shape index (κ3) is 3.30. The number of fused-ring (bicyclic) bond motifs is 1. The summed E-state index contributed by atoms with van der Waals surface area (Å²) in [5, 5.41) is 14.0. The molecule has 0 aliphatic rings. The van der Waals surface area contributed by atoms with Crippen LogP contribution in [0.3, 0.4) is 0 Å². The van der Waals surface area contributed by atoms with Crippen LogP contribution in [-0.4, -0.2) is 24.5 Å². The summed E-state index contributed by atoms with van der Waals surface area (Å²) in [5.74, 6) is 0.658. The van der Waals surface area contributed by atoms with Crippen LogP contribution in [-0.2, 0) is 6.61 Å². The standard InChI is InChI=1S/C18H12ClN5O4/c19-13-7-4-8-14(16(13)24(26)27)28-10-12-9-15(25)23-18(20-12)21-17(22-23)11-5-2-1-3-6-11/h1-9H,10H2,(H,20,21,22). The summed E-state index contributed by atoms with van der Waals surface area (Å²) in [7, 11) is 0. The minimum atomic E-state index is -0.622. The molecule has 0 atom stereocenters.